The largest absolute Gasteiger partial charge is 0.494 e. The second-order valence-electron chi connectivity index (χ2n) is 6.97. The predicted molar refractivity (Wildman–Crippen MR) is 103 cm³/mol. The van der Waals surface area contributed by atoms with Gasteiger partial charge in [0, 0.05) is 0 Å². The van der Waals surface area contributed by atoms with Gasteiger partial charge in [-0.2, -0.15) is 0 Å². The molecule has 0 aliphatic carbocycles. The van der Waals surface area contributed by atoms with E-state index >= 15 is 0 Å². The quantitative estimate of drug-likeness (QED) is 0.842. The van der Waals surface area contributed by atoms with Crippen molar-refractivity contribution in [2.75, 3.05) is 19.7 Å². The molecule has 0 saturated carbocycles. The van der Waals surface area contributed by atoms with Crippen molar-refractivity contribution < 1.29 is 14.6 Å². The van der Waals surface area contributed by atoms with E-state index in [1.807, 2.05) is 19.1 Å². The Labute approximate surface area is 155 Å². The summed E-state index contributed by atoms with van der Waals surface area (Å²) in [6.45, 7) is 6.33. The zero-order chi connectivity index (χ0) is 18.5. The summed E-state index contributed by atoms with van der Waals surface area (Å²) in [6, 6.07) is 17.0. The fourth-order valence-corrected chi connectivity index (χ4v) is 3.77. The van der Waals surface area contributed by atoms with E-state index < -0.39 is 5.97 Å². The van der Waals surface area contributed by atoms with E-state index in [1.54, 1.807) is 0 Å². The topological polar surface area (TPSA) is 49.8 Å². The van der Waals surface area contributed by atoms with Gasteiger partial charge in [-0.1, -0.05) is 42.0 Å². The Morgan fingerprint density at radius 3 is 2.42 bits per heavy atom. The lowest BCUT2D eigenvalue weighted by Crippen LogP contribution is -2.39. The van der Waals surface area contributed by atoms with Crippen LogP contribution in [0.2, 0.25) is 0 Å². The normalized spacial score (nSPS) is 17.0. The number of likely N-dealkylation sites (tertiary alicyclic amines) is 1. The highest BCUT2D eigenvalue weighted by Gasteiger charge is 2.30. The maximum Gasteiger partial charge on any atom is 0.306 e. The first kappa shape index (κ1) is 18.5. The minimum atomic E-state index is -0.669. The van der Waals surface area contributed by atoms with Gasteiger partial charge < -0.3 is 9.84 Å². The Hall–Kier alpha value is -2.33. The van der Waals surface area contributed by atoms with Crippen LogP contribution in [0, 0.1) is 12.8 Å². The van der Waals surface area contributed by atoms with Crippen molar-refractivity contribution in [3.63, 3.8) is 0 Å². The van der Waals surface area contributed by atoms with Crippen LogP contribution in [-0.4, -0.2) is 35.7 Å². The minimum Gasteiger partial charge on any atom is -0.494 e. The zero-order valence-electron chi connectivity index (χ0n) is 15.5. The number of carboxylic acids is 1. The maximum absolute atomic E-state index is 11.3. The van der Waals surface area contributed by atoms with Crippen molar-refractivity contribution in [1.82, 2.24) is 4.90 Å². The molecule has 1 N–H and O–H groups in total. The zero-order valence-corrected chi connectivity index (χ0v) is 15.5. The van der Waals surface area contributed by atoms with Crippen LogP contribution in [0.3, 0.4) is 0 Å². The molecule has 0 aromatic heterocycles. The predicted octanol–water partition coefficient (Wildman–Crippen LogP) is 4.28. The van der Waals surface area contributed by atoms with Crippen LogP contribution < -0.4 is 4.74 Å². The molecule has 2 aromatic carbocycles. The second kappa shape index (κ2) is 8.37. The minimum absolute atomic E-state index is 0.139. The van der Waals surface area contributed by atoms with Gasteiger partial charge in [0.2, 0.25) is 0 Å². The highest BCUT2D eigenvalue weighted by atomic mass is 16.5. The summed E-state index contributed by atoms with van der Waals surface area (Å²) < 4.78 is 5.57. The summed E-state index contributed by atoms with van der Waals surface area (Å²) in [6.07, 6.45) is 1.41. The fraction of sp³-hybridized carbons (Fsp3) is 0.409. The number of carbonyl (C=O) groups is 1. The van der Waals surface area contributed by atoms with Gasteiger partial charge in [0.15, 0.2) is 0 Å². The van der Waals surface area contributed by atoms with Gasteiger partial charge in [-0.05, 0) is 63.0 Å². The van der Waals surface area contributed by atoms with Crippen molar-refractivity contribution in [2.45, 2.75) is 32.7 Å². The first-order chi connectivity index (χ1) is 12.6. The van der Waals surface area contributed by atoms with Crippen LogP contribution in [-0.2, 0) is 4.79 Å². The third-order valence-electron chi connectivity index (χ3n) is 5.11. The molecule has 1 aliphatic rings. The lowest BCUT2D eigenvalue weighted by Gasteiger charge is -2.37. The van der Waals surface area contributed by atoms with Gasteiger partial charge in [-0.25, -0.2) is 0 Å². The Balaban J connectivity index is 1.88. The summed E-state index contributed by atoms with van der Waals surface area (Å²) in [5, 5.41) is 9.28. The number of hydrogen-bond donors (Lipinski definition) is 1. The fourth-order valence-electron chi connectivity index (χ4n) is 3.77. The highest BCUT2D eigenvalue weighted by molar-refractivity contribution is 5.70. The Kier molecular flexibility index (Phi) is 5.94. The number of piperidine rings is 1. The van der Waals surface area contributed by atoms with E-state index in [0.29, 0.717) is 19.4 Å². The Bertz CT molecular complexity index is 733. The van der Waals surface area contributed by atoms with Crippen LogP contribution in [0.15, 0.2) is 48.5 Å². The highest BCUT2D eigenvalue weighted by Crippen LogP contribution is 2.33. The molecule has 138 valence electrons. The molecule has 1 heterocycles. The van der Waals surface area contributed by atoms with E-state index in [9.17, 15) is 9.90 Å². The molecule has 1 atom stereocenters. The molecule has 26 heavy (non-hydrogen) atoms. The van der Waals surface area contributed by atoms with E-state index in [2.05, 4.69) is 48.2 Å². The number of rotatable bonds is 6. The smallest absolute Gasteiger partial charge is 0.306 e. The number of benzene rings is 2. The Morgan fingerprint density at radius 1 is 1.15 bits per heavy atom. The molecule has 0 bridgehead atoms. The number of aliphatic carboxylic acids is 1. The molecule has 1 aliphatic heterocycles. The molecular weight excluding hydrogens is 326 g/mol. The van der Waals surface area contributed by atoms with Gasteiger partial charge in [-0.15, -0.1) is 0 Å². The number of carboxylic acid groups (broad SMARTS) is 1. The van der Waals surface area contributed by atoms with Crippen molar-refractivity contribution >= 4 is 5.97 Å². The van der Waals surface area contributed by atoms with Crippen LogP contribution >= 0.6 is 0 Å². The molecule has 4 heteroatoms. The third-order valence-corrected chi connectivity index (χ3v) is 5.11. The molecule has 0 spiro atoms. The lowest BCUT2D eigenvalue weighted by molar-refractivity contribution is -0.143. The Morgan fingerprint density at radius 2 is 1.85 bits per heavy atom. The van der Waals surface area contributed by atoms with Crippen molar-refractivity contribution in [3.8, 4) is 5.75 Å². The van der Waals surface area contributed by atoms with E-state index in [-0.39, 0.29) is 12.0 Å². The van der Waals surface area contributed by atoms with Gasteiger partial charge >= 0.3 is 5.97 Å². The number of aryl methyl sites for hydroxylation is 1. The van der Waals surface area contributed by atoms with Crippen molar-refractivity contribution in [1.29, 1.82) is 0 Å². The molecule has 4 nitrogen and oxygen atoms in total. The molecule has 0 radical (unpaired) electrons. The van der Waals surface area contributed by atoms with Crippen LogP contribution in [0.4, 0.5) is 0 Å². The third kappa shape index (κ3) is 4.25. The first-order valence-electron chi connectivity index (χ1n) is 9.34. The average Bonchev–Trinajstić information content (AvgIpc) is 2.64. The van der Waals surface area contributed by atoms with E-state index in [1.165, 1.54) is 16.7 Å². The van der Waals surface area contributed by atoms with Gasteiger partial charge in [-0.3, -0.25) is 9.69 Å². The summed E-state index contributed by atoms with van der Waals surface area (Å²) in [5.41, 5.74) is 3.70. The molecule has 2 aromatic rings. The van der Waals surface area contributed by atoms with Crippen LogP contribution in [0.25, 0.3) is 0 Å². The molecule has 3 rings (SSSR count). The van der Waals surface area contributed by atoms with Gasteiger partial charge in [0.1, 0.15) is 5.75 Å². The lowest BCUT2D eigenvalue weighted by atomic mass is 9.91. The van der Waals surface area contributed by atoms with Crippen molar-refractivity contribution in [3.05, 3.63) is 65.2 Å². The van der Waals surface area contributed by atoms with Crippen LogP contribution in [0.1, 0.15) is 42.5 Å². The number of nitrogens with zero attached hydrogens (tertiary/aromatic N) is 1. The van der Waals surface area contributed by atoms with Crippen LogP contribution in [0.5, 0.6) is 5.75 Å². The average molecular weight is 353 g/mol. The molecule has 1 fully saturated rings. The van der Waals surface area contributed by atoms with Gasteiger partial charge in [0.25, 0.3) is 0 Å². The summed E-state index contributed by atoms with van der Waals surface area (Å²) in [4.78, 5) is 13.7. The number of ether oxygens (including phenoxy) is 1. The maximum atomic E-state index is 11.3. The molecule has 1 saturated heterocycles. The summed E-state index contributed by atoms with van der Waals surface area (Å²) in [5.74, 6) is -0.00797. The van der Waals surface area contributed by atoms with E-state index in [0.717, 1.165) is 18.8 Å². The van der Waals surface area contributed by atoms with Gasteiger partial charge in [0.05, 0.1) is 18.6 Å². The molecule has 1 unspecified atom stereocenters. The molecule has 0 amide bonds. The second-order valence-corrected chi connectivity index (χ2v) is 6.97. The van der Waals surface area contributed by atoms with Crippen molar-refractivity contribution in [2.24, 2.45) is 5.92 Å². The summed E-state index contributed by atoms with van der Waals surface area (Å²) in [7, 11) is 0. The first-order valence-corrected chi connectivity index (χ1v) is 9.34. The van der Waals surface area contributed by atoms with E-state index in [4.69, 9.17) is 4.74 Å². The molecular formula is C22H27NO3. The monoisotopic (exact) mass is 353 g/mol. The number of hydrogen-bond acceptors (Lipinski definition) is 3. The standard InChI is InChI=1S/C22H27NO3/c1-3-26-20-9-7-17(8-10-20)21(19-6-4-5-16(2)15-19)23-13-11-18(12-14-23)22(24)25/h4-10,15,18,21H,3,11-14H2,1-2H3,(H,24,25). The SMILES string of the molecule is CCOc1ccc(C(c2cccc(C)c2)N2CCC(C(=O)O)CC2)cc1. The summed E-state index contributed by atoms with van der Waals surface area (Å²) >= 11 is 0.